The number of pyridine rings is 1. The Morgan fingerprint density at radius 3 is 2.75 bits per heavy atom. The number of nitrogens with one attached hydrogen (secondary N) is 1. The fourth-order valence-corrected chi connectivity index (χ4v) is 6.20. The van der Waals surface area contributed by atoms with Crippen LogP contribution in [-0.2, 0) is 30.8 Å². The molecule has 44 heavy (non-hydrogen) atoms. The topological polar surface area (TPSA) is 95.2 Å². The summed E-state index contributed by atoms with van der Waals surface area (Å²) in [4.78, 5) is 16.6. The molecule has 4 aromatic rings. The van der Waals surface area contributed by atoms with Crippen molar-refractivity contribution in [1.29, 1.82) is 5.26 Å². The quantitative estimate of drug-likeness (QED) is 0.168. The van der Waals surface area contributed by atoms with Crippen molar-refractivity contribution in [3.63, 3.8) is 0 Å². The summed E-state index contributed by atoms with van der Waals surface area (Å²) >= 11 is 6.88. The van der Waals surface area contributed by atoms with Crippen molar-refractivity contribution in [2.75, 3.05) is 6.61 Å². The number of Topliss-reactive ketones (excluding diaryl/α,β-unsaturated/α-hetero) is 1. The highest BCUT2D eigenvalue weighted by Crippen LogP contribution is 2.42. The third kappa shape index (κ3) is 7.16. The maximum atomic E-state index is 14.7. The molecule has 0 spiro atoms. The first kappa shape index (κ1) is 31.3. The molecule has 0 amide bonds. The zero-order chi connectivity index (χ0) is 31.1. The molecule has 0 saturated carbocycles. The van der Waals surface area contributed by atoms with Crippen LogP contribution in [0.25, 0.3) is 11.1 Å². The molecule has 0 fully saturated rings. The molecule has 0 saturated heterocycles. The number of ether oxygens (including phenoxy) is 1. The van der Waals surface area contributed by atoms with E-state index in [1.807, 2.05) is 43.3 Å². The van der Waals surface area contributed by atoms with Crippen LogP contribution in [0, 0.1) is 17.1 Å². The number of rotatable bonds is 13. The third-order valence-corrected chi connectivity index (χ3v) is 8.53. The minimum atomic E-state index is -0.684. The molecular formula is C36H35ClFN3O3. The van der Waals surface area contributed by atoms with Gasteiger partial charge in [-0.25, -0.2) is 4.39 Å². The molecule has 1 aromatic heterocycles. The molecule has 0 radical (unpaired) electrons. The number of halogens is 2. The Balaban J connectivity index is 1.42. The Morgan fingerprint density at radius 1 is 1.16 bits per heavy atom. The first-order valence-corrected chi connectivity index (χ1v) is 15.3. The number of carbonyl (C=O) groups is 1. The largest absolute Gasteiger partial charge is 0.489 e. The van der Waals surface area contributed by atoms with Crippen LogP contribution in [0.3, 0.4) is 0 Å². The second-order valence-electron chi connectivity index (χ2n) is 11.2. The van der Waals surface area contributed by atoms with Crippen LogP contribution in [0.5, 0.6) is 5.75 Å². The van der Waals surface area contributed by atoms with Gasteiger partial charge in [0.2, 0.25) is 0 Å². The number of hydrogen-bond donors (Lipinski definition) is 2. The summed E-state index contributed by atoms with van der Waals surface area (Å²) in [6.07, 6.45) is 6.68. The van der Waals surface area contributed by atoms with Crippen molar-refractivity contribution in [3.05, 3.63) is 117 Å². The molecule has 8 heteroatoms. The van der Waals surface area contributed by atoms with E-state index in [-0.39, 0.29) is 37.3 Å². The van der Waals surface area contributed by atoms with E-state index >= 15 is 0 Å². The fourth-order valence-electron chi connectivity index (χ4n) is 5.94. The van der Waals surface area contributed by atoms with Gasteiger partial charge in [0, 0.05) is 47.1 Å². The van der Waals surface area contributed by atoms with E-state index < -0.39 is 6.04 Å². The number of carbonyl (C=O) groups excluding carboxylic acids is 1. The highest BCUT2D eigenvalue weighted by molar-refractivity contribution is 6.31. The van der Waals surface area contributed by atoms with Crippen LogP contribution in [0.1, 0.15) is 65.5 Å². The van der Waals surface area contributed by atoms with Crippen LogP contribution < -0.4 is 10.1 Å². The average molecular weight is 612 g/mol. The van der Waals surface area contributed by atoms with Crippen molar-refractivity contribution in [3.8, 4) is 22.9 Å². The van der Waals surface area contributed by atoms with E-state index in [1.165, 1.54) is 23.4 Å². The van der Waals surface area contributed by atoms with Crippen LogP contribution in [-0.4, -0.2) is 28.5 Å². The molecule has 1 heterocycles. The summed E-state index contributed by atoms with van der Waals surface area (Å²) < 4.78 is 21.0. The normalized spacial score (nSPS) is 14.6. The van der Waals surface area contributed by atoms with Gasteiger partial charge in [0.1, 0.15) is 24.2 Å². The van der Waals surface area contributed by atoms with Crippen molar-refractivity contribution in [2.45, 2.75) is 64.1 Å². The van der Waals surface area contributed by atoms with Gasteiger partial charge in [0.15, 0.2) is 5.78 Å². The average Bonchev–Trinajstić information content (AvgIpc) is 3.45. The first-order valence-electron chi connectivity index (χ1n) is 14.9. The van der Waals surface area contributed by atoms with Gasteiger partial charge in [-0.3, -0.25) is 9.78 Å². The van der Waals surface area contributed by atoms with Crippen LogP contribution in [0.15, 0.2) is 73.1 Å². The summed E-state index contributed by atoms with van der Waals surface area (Å²) in [5.41, 5.74) is 6.79. The maximum Gasteiger partial charge on any atom is 0.152 e. The van der Waals surface area contributed by atoms with Crippen molar-refractivity contribution in [1.82, 2.24) is 10.3 Å². The van der Waals surface area contributed by atoms with Crippen molar-refractivity contribution in [2.24, 2.45) is 0 Å². The summed E-state index contributed by atoms with van der Waals surface area (Å²) in [6.45, 7) is 2.08. The Labute approximate surface area is 262 Å². The lowest BCUT2D eigenvalue weighted by molar-refractivity contribution is -0.122. The number of hydrogen-bond acceptors (Lipinski definition) is 6. The molecule has 1 aliphatic carbocycles. The molecule has 1 aliphatic rings. The molecule has 0 bridgehead atoms. The number of aliphatic hydroxyl groups is 1. The SMILES string of the molecule is CCCC(=O)C(CO)NCc1cc(Cl)c(C[C@H]2CCc3c(-c4ccccc4F)cccc32)cc1OCc1cncc(C#N)c1. The lowest BCUT2D eigenvalue weighted by Crippen LogP contribution is -2.39. The Kier molecular flexibility index (Phi) is 10.4. The zero-order valence-corrected chi connectivity index (χ0v) is 25.4. The second-order valence-corrected chi connectivity index (χ2v) is 11.6. The maximum absolute atomic E-state index is 14.7. The number of aromatic nitrogens is 1. The van der Waals surface area contributed by atoms with Gasteiger partial charge in [-0.2, -0.15) is 5.26 Å². The van der Waals surface area contributed by atoms with Crippen LogP contribution >= 0.6 is 11.6 Å². The van der Waals surface area contributed by atoms with Crippen LogP contribution in [0.4, 0.5) is 4.39 Å². The van der Waals surface area contributed by atoms with E-state index in [0.29, 0.717) is 41.2 Å². The summed E-state index contributed by atoms with van der Waals surface area (Å²) in [6, 6.07) is 19.9. The Hall–Kier alpha value is -4.09. The highest BCUT2D eigenvalue weighted by atomic mass is 35.5. The predicted molar refractivity (Wildman–Crippen MR) is 169 cm³/mol. The number of nitrogens with zero attached hydrogens (tertiary/aromatic N) is 2. The molecular weight excluding hydrogens is 577 g/mol. The minimum absolute atomic E-state index is 0.0470. The zero-order valence-electron chi connectivity index (χ0n) is 24.7. The fraction of sp³-hybridized carbons (Fsp3) is 0.306. The minimum Gasteiger partial charge on any atom is -0.489 e. The lowest BCUT2D eigenvalue weighted by atomic mass is 9.90. The van der Waals surface area contributed by atoms with E-state index in [0.717, 1.165) is 35.1 Å². The van der Waals surface area contributed by atoms with Gasteiger partial charge in [-0.1, -0.05) is 54.9 Å². The van der Waals surface area contributed by atoms with E-state index in [2.05, 4.69) is 22.4 Å². The number of nitriles is 1. The second kappa shape index (κ2) is 14.6. The van der Waals surface area contributed by atoms with E-state index in [4.69, 9.17) is 16.3 Å². The van der Waals surface area contributed by atoms with Crippen molar-refractivity contribution < 1.29 is 19.0 Å². The Bertz CT molecular complexity index is 1690. The smallest absolute Gasteiger partial charge is 0.152 e. The Morgan fingerprint density at radius 2 is 1.98 bits per heavy atom. The summed E-state index contributed by atoms with van der Waals surface area (Å²) in [5, 5.41) is 22.8. The highest BCUT2D eigenvalue weighted by Gasteiger charge is 2.27. The number of fused-ring (bicyclic) bond motifs is 1. The van der Waals surface area contributed by atoms with Gasteiger partial charge in [0.25, 0.3) is 0 Å². The molecule has 1 unspecified atom stereocenters. The number of benzene rings is 3. The van der Waals surface area contributed by atoms with Gasteiger partial charge < -0.3 is 15.2 Å². The van der Waals surface area contributed by atoms with E-state index in [1.54, 1.807) is 18.3 Å². The van der Waals surface area contributed by atoms with Gasteiger partial charge in [-0.05, 0) is 78.1 Å². The summed E-state index contributed by atoms with van der Waals surface area (Å²) in [5.74, 6) is 0.521. The first-order chi connectivity index (χ1) is 21.4. The van der Waals surface area contributed by atoms with E-state index in [9.17, 15) is 19.6 Å². The van der Waals surface area contributed by atoms with Crippen LogP contribution in [0.2, 0.25) is 5.02 Å². The molecule has 2 N–H and O–H groups in total. The van der Waals surface area contributed by atoms with Crippen molar-refractivity contribution >= 4 is 17.4 Å². The molecule has 2 atom stereocenters. The monoisotopic (exact) mass is 611 g/mol. The molecule has 0 aliphatic heterocycles. The van der Waals surface area contributed by atoms with Gasteiger partial charge in [0.05, 0.1) is 18.2 Å². The third-order valence-electron chi connectivity index (χ3n) is 8.18. The molecule has 226 valence electrons. The molecule has 6 nitrogen and oxygen atoms in total. The number of aliphatic hydroxyl groups excluding tert-OH is 1. The molecule has 5 rings (SSSR count). The summed E-state index contributed by atoms with van der Waals surface area (Å²) in [7, 11) is 0. The van der Waals surface area contributed by atoms with Gasteiger partial charge in [-0.15, -0.1) is 0 Å². The van der Waals surface area contributed by atoms with Gasteiger partial charge >= 0.3 is 0 Å². The number of ketones is 1. The lowest BCUT2D eigenvalue weighted by Gasteiger charge is -2.20. The predicted octanol–water partition coefficient (Wildman–Crippen LogP) is 7.08. The standard InChI is InChI=1S/C36H35ClFN3O3/c1-2-6-35(43)34(21-42)41-20-27-15-32(37)26(16-36(27)44-22-24-13-23(17-39)18-40-19-24)14-25-11-12-30-28(25)8-5-9-29(30)31-7-3-4-10-33(31)38/h3-5,7-10,13,15-16,18-19,25,34,41-42H,2,6,11-12,14,20-22H2,1H3/t25-,34?/m1/s1. The molecule has 3 aromatic carbocycles.